The van der Waals surface area contributed by atoms with Gasteiger partial charge in [-0.25, -0.2) is 0 Å². The van der Waals surface area contributed by atoms with Crippen molar-refractivity contribution in [2.24, 2.45) is 0 Å². The topological polar surface area (TPSA) is 106 Å². The van der Waals surface area contributed by atoms with E-state index in [9.17, 15) is 9.59 Å². The van der Waals surface area contributed by atoms with Gasteiger partial charge in [0.15, 0.2) is 6.61 Å². The SMILES string of the molecule is O=C(COc1ccccc1Cl)NCCNC(=O)c1nc(-c2ccc(Cl)cc2)no1. The van der Waals surface area contributed by atoms with Crippen molar-refractivity contribution in [3.05, 3.63) is 64.5 Å². The molecule has 8 nitrogen and oxygen atoms in total. The van der Waals surface area contributed by atoms with Crippen molar-refractivity contribution in [1.82, 2.24) is 20.8 Å². The number of nitrogens with zero attached hydrogens (tertiary/aromatic N) is 2. The molecule has 0 aliphatic carbocycles. The fourth-order valence-electron chi connectivity index (χ4n) is 2.24. The number of benzene rings is 2. The van der Waals surface area contributed by atoms with E-state index in [4.69, 9.17) is 32.5 Å². The van der Waals surface area contributed by atoms with Crippen molar-refractivity contribution in [2.45, 2.75) is 0 Å². The van der Waals surface area contributed by atoms with Gasteiger partial charge >= 0.3 is 11.8 Å². The lowest BCUT2D eigenvalue weighted by Gasteiger charge is -2.08. The number of carbonyl (C=O) groups is 2. The summed E-state index contributed by atoms with van der Waals surface area (Å²) < 4.78 is 10.3. The number of hydrogen-bond donors (Lipinski definition) is 2. The average molecular weight is 435 g/mol. The molecule has 2 aromatic carbocycles. The van der Waals surface area contributed by atoms with E-state index >= 15 is 0 Å². The van der Waals surface area contributed by atoms with Gasteiger partial charge in [-0.1, -0.05) is 40.5 Å². The molecule has 10 heteroatoms. The summed E-state index contributed by atoms with van der Waals surface area (Å²) in [5.74, 6) is -0.369. The minimum absolute atomic E-state index is 0.176. The third kappa shape index (κ3) is 5.94. The zero-order valence-corrected chi connectivity index (χ0v) is 16.5. The van der Waals surface area contributed by atoms with Crippen molar-refractivity contribution in [3.8, 4) is 17.1 Å². The summed E-state index contributed by atoms with van der Waals surface area (Å²) in [6, 6.07) is 13.7. The Labute approximate surface area is 176 Å². The summed E-state index contributed by atoms with van der Waals surface area (Å²) in [6.07, 6.45) is 0. The highest BCUT2D eigenvalue weighted by atomic mass is 35.5. The largest absolute Gasteiger partial charge is 0.482 e. The van der Waals surface area contributed by atoms with E-state index in [-0.39, 0.29) is 37.3 Å². The monoisotopic (exact) mass is 434 g/mol. The number of carbonyl (C=O) groups excluding carboxylic acids is 2. The number of amides is 2. The number of aromatic nitrogens is 2. The minimum atomic E-state index is -0.542. The zero-order valence-electron chi connectivity index (χ0n) is 15.0. The molecule has 0 radical (unpaired) electrons. The smallest absolute Gasteiger partial charge is 0.316 e. The first-order chi connectivity index (χ1) is 14.0. The van der Waals surface area contributed by atoms with Crippen molar-refractivity contribution in [1.29, 1.82) is 0 Å². The van der Waals surface area contributed by atoms with Crippen LogP contribution in [0.1, 0.15) is 10.7 Å². The Morgan fingerprint density at radius 2 is 1.72 bits per heavy atom. The van der Waals surface area contributed by atoms with Crippen LogP contribution in [0.4, 0.5) is 0 Å². The zero-order chi connectivity index (χ0) is 20.6. The number of para-hydroxylation sites is 1. The van der Waals surface area contributed by atoms with Gasteiger partial charge in [0, 0.05) is 23.7 Å². The fraction of sp³-hybridized carbons (Fsp3) is 0.158. The van der Waals surface area contributed by atoms with Gasteiger partial charge in [0.25, 0.3) is 5.91 Å². The van der Waals surface area contributed by atoms with Crippen LogP contribution in [0.15, 0.2) is 53.1 Å². The van der Waals surface area contributed by atoms with Gasteiger partial charge in [0.1, 0.15) is 5.75 Å². The van der Waals surface area contributed by atoms with Crippen LogP contribution in [-0.2, 0) is 4.79 Å². The van der Waals surface area contributed by atoms with Gasteiger partial charge < -0.3 is 19.9 Å². The molecule has 0 fully saturated rings. The summed E-state index contributed by atoms with van der Waals surface area (Å²) >= 11 is 11.8. The third-order valence-corrected chi connectivity index (χ3v) is 4.22. The molecule has 0 saturated heterocycles. The predicted molar refractivity (Wildman–Crippen MR) is 107 cm³/mol. The van der Waals surface area contributed by atoms with Crippen molar-refractivity contribution >= 4 is 35.0 Å². The van der Waals surface area contributed by atoms with Gasteiger partial charge in [-0.05, 0) is 36.4 Å². The van der Waals surface area contributed by atoms with Crippen LogP contribution in [0.25, 0.3) is 11.4 Å². The molecule has 29 heavy (non-hydrogen) atoms. The normalized spacial score (nSPS) is 10.4. The van der Waals surface area contributed by atoms with E-state index in [1.54, 1.807) is 48.5 Å². The Balaban J connectivity index is 1.39. The molecule has 3 aromatic rings. The molecule has 2 amide bonds. The highest BCUT2D eigenvalue weighted by molar-refractivity contribution is 6.32. The van der Waals surface area contributed by atoms with Crippen LogP contribution in [0.5, 0.6) is 5.75 Å². The van der Waals surface area contributed by atoms with E-state index < -0.39 is 5.91 Å². The van der Waals surface area contributed by atoms with Gasteiger partial charge in [-0.3, -0.25) is 9.59 Å². The summed E-state index contributed by atoms with van der Waals surface area (Å²) in [4.78, 5) is 27.9. The van der Waals surface area contributed by atoms with Gasteiger partial charge in [-0.2, -0.15) is 4.98 Å². The number of hydrogen-bond acceptors (Lipinski definition) is 6. The Bertz CT molecular complexity index is 992. The van der Waals surface area contributed by atoms with Crippen LogP contribution in [0.2, 0.25) is 10.0 Å². The second kappa shape index (κ2) is 9.90. The van der Waals surface area contributed by atoms with Crippen LogP contribution >= 0.6 is 23.2 Å². The fourth-order valence-corrected chi connectivity index (χ4v) is 2.56. The molecule has 0 spiro atoms. The molecule has 1 heterocycles. The van der Waals surface area contributed by atoms with E-state index in [0.717, 1.165) is 0 Å². The highest BCUT2D eigenvalue weighted by Crippen LogP contribution is 2.22. The molecule has 3 rings (SSSR count). The molecule has 0 saturated carbocycles. The number of nitrogens with one attached hydrogen (secondary N) is 2. The Kier molecular flexibility index (Phi) is 7.04. The Morgan fingerprint density at radius 3 is 2.48 bits per heavy atom. The summed E-state index contributed by atoms with van der Waals surface area (Å²) in [7, 11) is 0. The maximum atomic E-state index is 12.1. The Hall–Kier alpha value is -3.10. The van der Waals surface area contributed by atoms with Crippen molar-refractivity contribution in [2.75, 3.05) is 19.7 Å². The number of rotatable bonds is 8. The van der Waals surface area contributed by atoms with Gasteiger partial charge in [0.2, 0.25) is 5.82 Å². The second-order valence-electron chi connectivity index (χ2n) is 5.75. The minimum Gasteiger partial charge on any atom is -0.482 e. The lowest BCUT2D eigenvalue weighted by atomic mass is 10.2. The summed E-state index contributed by atoms with van der Waals surface area (Å²) in [6.45, 7) is 0.190. The first-order valence-corrected chi connectivity index (χ1v) is 9.30. The molecule has 0 atom stereocenters. The maximum Gasteiger partial charge on any atom is 0.316 e. The average Bonchev–Trinajstić information content (AvgIpc) is 3.21. The summed E-state index contributed by atoms with van der Waals surface area (Å²) in [5, 5.41) is 9.96. The van der Waals surface area contributed by atoms with Gasteiger partial charge in [0.05, 0.1) is 5.02 Å². The number of halogens is 2. The molecule has 0 unspecified atom stereocenters. The second-order valence-corrected chi connectivity index (χ2v) is 6.60. The molecular formula is C19H16Cl2N4O4. The third-order valence-electron chi connectivity index (χ3n) is 3.65. The van der Waals surface area contributed by atoms with Crippen molar-refractivity contribution in [3.63, 3.8) is 0 Å². The standard InChI is InChI=1S/C19H16Cl2N4O4/c20-13-7-5-12(6-8-13)17-24-19(29-25-17)18(27)23-10-9-22-16(26)11-28-15-4-2-1-3-14(15)21/h1-8H,9-11H2,(H,22,26)(H,23,27). The highest BCUT2D eigenvalue weighted by Gasteiger charge is 2.15. The molecule has 150 valence electrons. The lowest BCUT2D eigenvalue weighted by molar-refractivity contribution is -0.123. The molecule has 0 aliphatic rings. The maximum absolute atomic E-state index is 12.1. The van der Waals surface area contributed by atoms with Crippen LogP contribution < -0.4 is 15.4 Å². The molecule has 2 N–H and O–H groups in total. The van der Waals surface area contributed by atoms with E-state index in [1.807, 2.05) is 0 Å². The Morgan fingerprint density at radius 1 is 1.00 bits per heavy atom. The van der Waals surface area contributed by atoms with Crippen LogP contribution in [-0.4, -0.2) is 41.7 Å². The van der Waals surface area contributed by atoms with Crippen LogP contribution in [0, 0.1) is 0 Å². The molecule has 0 bridgehead atoms. The number of ether oxygens (including phenoxy) is 1. The summed E-state index contributed by atoms with van der Waals surface area (Å²) in [5.41, 5.74) is 0.669. The molecular weight excluding hydrogens is 419 g/mol. The first kappa shape index (κ1) is 20.6. The first-order valence-electron chi connectivity index (χ1n) is 8.55. The lowest BCUT2D eigenvalue weighted by Crippen LogP contribution is -2.36. The van der Waals surface area contributed by atoms with E-state index in [2.05, 4.69) is 20.8 Å². The van der Waals surface area contributed by atoms with Gasteiger partial charge in [-0.15, -0.1) is 0 Å². The predicted octanol–water partition coefficient (Wildman–Crippen LogP) is 2.97. The molecule has 0 aliphatic heterocycles. The van der Waals surface area contributed by atoms with Crippen LogP contribution in [0.3, 0.4) is 0 Å². The molecule has 1 aromatic heterocycles. The quantitative estimate of drug-likeness (QED) is 0.527. The van der Waals surface area contributed by atoms with E-state index in [1.165, 1.54) is 0 Å². The van der Waals surface area contributed by atoms with Crippen molar-refractivity contribution < 1.29 is 18.8 Å². The van der Waals surface area contributed by atoms with E-state index in [0.29, 0.717) is 21.4 Å².